The molecule has 4 unspecified atom stereocenters. The fourth-order valence-corrected chi connectivity index (χ4v) is 6.93. The van der Waals surface area contributed by atoms with E-state index in [1.54, 1.807) is 59.9 Å². The number of amides is 2. The zero-order valence-corrected chi connectivity index (χ0v) is 24.2. The number of halogens is 2. The number of carbonyl (C=O) groups is 2. The van der Waals surface area contributed by atoms with Crippen molar-refractivity contribution in [3.05, 3.63) is 95.6 Å². The van der Waals surface area contributed by atoms with Gasteiger partial charge in [-0.1, -0.05) is 12.1 Å². The molecule has 0 aromatic heterocycles. The molecule has 0 spiro atoms. The van der Waals surface area contributed by atoms with Crippen LogP contribution in [0.3, 0.4) is 0 Å². The molecule has 0 radical (unpaired) electrons. The number of aliphatic hydroxyl groups excluding tert-OH is 1. The third-order valence-corrected chi connectivity index (χ3v) is 9.63. The number of thioether (sulfide) groups is 2. The third-order valence-electron chi connectivity index (χ3n) is 6.80. The Morgan fingerprint density at radius 2 is 1.12 bits per heavy atom. The molecular formula is C29H36F2N4O4S2. The van der Waals surface area contributed by atoms with Gasteiger partial charge in [-0.05, 0) is 86.3 Å². The molecule has 2 amide bonds. The van der Waals surface area contributed by atoms with Gasteiger partial charge in [0, 0.05) is 33.4 Å². The summed E-state index contributed by atoms with van der Waals surface area (Å²) in [5, 5.41) is 7.70. The van der Waals surface area contributed by atoms with Crippen LogP contribution in [-0.2, 0) is 0 Å². The van der Waals surface area contributed by atoms with Crippen LogP contribution in [-0.4, -0.2) is 57.0 Å². The summed E-state index contributed by atoms with van der Waals surface area (Å²) in [5.41, 5.74) is 6.80. The van der Waals surface area contributed by atoms with Gasteiger partial charge < -0.3 is 16.3 Å². The van der Waals surface area contributed by atoms with Crippen LogP contribution in [0.5, 0.6) is 0 Å². The molecule has 0 bridgehead atoms. The van der Waals surface area contributed by atoms with Gasteiger partial charge in [-0.2, -0.15) is 0 Å². The molecule has 41 heavy (non-hydrogen) atoms. The average molecular weight is 607 g/mol. The second-order valence-corrected chi connectivity index (χ2v) is 11.8. The summed E-state index contributed by atoms with van der Waals surface area (Å²) >= 11 is 3.36. The number of nitrogens with two attached hydrogens (primary N) is 3. The lowest BCUT2D eigenvalue weighted by molar-refractivity contribution is 0.0516. The summed E-state index contributed by atoms with van der Waals surface area (Å²) in [6, 6.07) is 20.1. The molecule has 8 nitrogen and oxygen atoms in total. The zero-order chi connectivity index (χ0) is 29.2. The molecule has 3 aromatic carbocycles. The fourth-order valence-electron chi connectivity index (χ4n) is 4.41. The van der Waals surface area contributed by atoms with Crippen molar-refractivity contribution in [3.63, 3.8) is 0 Å². The first kappa shape index (κ1) is 34.4. The molecule has 4 atom stereocenters. The smallest absolute Gasteiger partial charge is 0.261 e. The molecule has 1 aliphatic heterocycles. The van der Waals surface area contributed by atoms with Gasteiger partial charge in [-0.25, -0.2) is 8.78 Å². The van der Waals surface area contributed by atoms with E-state index in [-0.39, 0.29) is 40.2 Å². The number of aliphatic hydroxyl groups is 1. The van der Waals surface area contributed by atoms with Crippen molar-refractivity contribution in [1.29, 1.82) is 0 Å². The predicted octanol–water partition coefficient (Wildman–Crippen LogP) is 3.76. The molecule has 0 saturated heterocycles. The highest BCUT2D eigenvalue weighted by Gasteiger charge is 2.46. The maximum Gasteiger partial charge on any atom is 0.261 e. The largest absolute Gasteiger partial charge is 0.412 e. The van der Waals surface area contributed by atoms with Crippen molar-refractivity contribution in [2.45, 2.75) is 58.1 Å². The fraction of sp³-hybridized carbons (Fsp3) is 0.310. The number of fused-ring (bicyclic) bond motifs is 1. The van der Waals surface area contributed by atoms with Gasteiger partial charge in [-0.3, -0.25) is 26.2 Å². The van der Waals surface area contributed by atoms with E-state index in [9.17, 15) is 18.4 Å². The molecule has 9 N–H and O–H groups in total. The number of carbonyl (C=O) groups excluding carboxylic acids is 2. The van der Waals surface area contributed by atoms with Crippen molar-refractivity contribution < 1.29 is 29.0 Å². The van der Waals surface area contributed by atoms with Gasteiger partial charge in [0.15, 0.2) is 0 Å². The van der Waals surface area contributed by atoms with E-state index < -0.39 is 0 Å². The van der Waals surface area contributed by atoms with Gasteiger partial charge in [0.05, 0.1) is 17.2 Å². The number of benzene rings is 3. The number of rotatable bonds is 5. The van der Waals surface area contributed by atoms with Crippen LogP contribution in [0.2, 0.25) is 0 Å². The van der Waals surface area contributed by atoms with Crippen LogP contribution >= 0.6 is 23.5 Å². The van der Waals surface area contributed by atoms with Gasteiger partial charge >= 0.3 is 0 Å². The summed E-state index contributed by atoms with van der Waals surface area (Å²) in [7, 11) is 1.00. The quantitative estimate of drug-likeness (QED) is 0.194. The Hall–Kier alpha value is -2.84. The van der Waals surface area contributed by atoms with E-state index in [0.29, 0.717) is 22.4 Å². The highest BCUT2D eigenvalue weighted by molar-refractivity contribution is 8.00. The second-order valence-electron chi connectivity index (χ2n) is 9.13. The van der Waals surface area contributed by atoms with Crippen LogP contribution < -0.4 is 17.4 Å². The third kappa shape index (κ3) is 8.35. The Labute approximate surface area is 246 Å². The summed E-state index contributed by atoms with van der Waals surface area (Å²) in [4.78, 5) is 28.5. The SMILES string of the molecule is CO.NC1CCC1Sc1ccc(F)cc1.NN.O.O=C1c2ccccc2C(=O)N1C1CCC1Sc1ccc(F)cc1. The molecule has 2 fully saturated rings. The van der Waals surface area contributed by atoms with Crippen LogP contribution in [0.4, 0.5) is 8.78 Å². The van der Waals surface area contributed by atoms with Crippen LogP contribution in [0.1, 0.15) is 46.4 Å². The van der Waals surface area contributed by atoms with Crippen molar-refractivity contribution in [2.24, 2.45) is 17.4 Å². The number of hydrogen-bond donors (Lipinski definition) is 4. The van der Waals surface area contributed by atoms with E-state index in [1.807, 2.05) is 12.1 Å². The van der Waals surface area contributed by atoms with Gasteiger partial charge in [0.2, 0.25) is 0 Å². The lowest BCUT2D eigenvalue weighted by Gasteiger charge is -2.41. The summed E-state index contributed by atoms with van der Waals surface area (Å²) < 4.78 is 25.6. The standard InChI is InChI=1S/C18H14FNO2S.C10H12FNS.CH4O.H4N2.H2O/c19-11-5-7-12(8-6-11)23-16-10-9-15(16)20-17(21)13-3-1-2-4-14(13)18(20)22;11-7-1-3-8(4-2-7)13-10-6-5-9(10)12;2*1-2;/h1-8,15-16H,9-10H2;1-4,9-10H,5-6,12H2;2H,1H3;1-2H2;1H2. The molecule has 2 saturated carbocycles. The van der Waals surface area contributed by atoms with E-state index in [1.165, 1.54) is 35.6 Å². The molecule has 3 aromatic rings. The van der Waals surface area contributed by atoms with Crippen molar-refractivity contribution in [3.8, 4) is 0 Å². The first-order valence-electron chi connectivity index (χ1n) is 12.8. The average Bonchev–Trinajstić information content (AvgIpc) is 3.23. The molecule has 222 valence electrons. The summed E-state index contributed by atoms with van der Waals surface area (Å²) in [6.45, 7) is 0. The molecular weight excluding hydrogens is 570 g/mol. The zero-order valence-electron chi connectivity index (χ0n) is 22.6. The second kappa shape index (κ2) is 16.6. The normalized spacial score (nSPS) is 21.7. The van der Waals surface area contributed by atoms with E-state index >= 15 is 0 Å². The van der Waals surface area contributed by atoms with Crippen LogP contribution in [0.25, 0.3) is 0 Å². The maximum atomic E-state index is 13.0. The molecule has 12 heteroatoms. The van der Waals surface area contributed by atoms with E-state index in [0.717, 1.165) is 36.2 Å². The van der Waals surface area contributed by atoms with Crippen LogP contribution in [0.15, 0.2) is 82.6 Å². The summed E-state index contributed by atoms with van der Waals surface area (Å²) in [6.07, 6.45) is 4.08. The monoisotopic (exact) mass is 606 g/mol. The Bertz CT molecular complexity index is 1230. The van der Waals surface area contributed by atoms with Crippen molar-refractivity contribution >= 4 is 35.3 Å². The van der Waals surface area contributed by atoms with Crippen molar-refractivity contribution in [2.75, 3.05) is 7.11 Å². The maximum absolute atomic E-state index is 13.0. The number of nitrogens with zero attached hydrogens (tertiary/aromatic N) is 1. The minimum absolute atomic E-state index is 0. The Balaban J connectivity index is 0.000000279. The highest BCUT2D eigenvalue weighted by atomic mass is 32.2. The lowest BCUT2D eigenvalue weighted by Crippen LogP contribution is -2.51. The van der Waals surface area contributed by atoms with E-state index in [2.05, 4.69) is 11.7 Å². The topological polar surface area (TPSA) is 167 Å². The van der Waals surface area contributed by atoms with Crippen LogP contribution in [0, 0.1) is 11.6 Å². The van der Waals surface area contributed by atoms with Gasteiger partial charge in [0.1, 0.15) is 11.6 Å². The van der Waals surface area contributed by atoms with Crippen molar-refractivity contribution in [1.82, 2.24) is 4.90 Å². The Kier molecular flexibility index (Phi) is 13.9. The first-order chi connectivity index (χ1) is 19.4. The summed E-state index contributed by atoms with van der Waals surface area (Å²) in [5.74, 6) is 7.17. The molecule has 1 heterocycles. The number of hydrogen-bond acceptors (Lipinski definition) is 8. The lowest BCUT2D eigenvalue weighted by atomic mass is 9.90. The minimum atomic E-state index is -0.264. The number of imide groups is 1. The molecule has 2 aliphatic carbocycles. The molecule has 6 rings (SSSR count). The van der Waals surface area contributed by atoms with Gasteiger partial charge in [-0.15, -0.1) is 23.5 Å². The first-order valence-corrected chi connectivity index (χ1v) is 14.5. The Morgan fingerprint density at radius 3 is 1.46 bits per heavy atom. The highest BCUT2D eigenvalue weighted by Crippen LogP contribution is 2.42. The van der Waals surface area contributed by atoms with E-state index in [4.69, 9.17) is 10.8 Å². The van der Waals surface area contributed by atoms with Gasteiger partial charge in [0.25, 0.3) is 11.8 Å². The Morgan fingerprint density at radius 1 is 0.707 bits per heavy atom. The minimum Gasteiger partial charge on any atom is -0.412 e. The number of hydrazine groups is 1. The molecule has 3 aliphatic rings. The predicted molar refractivity (Wildman–Crippen MR) is 159 cm³/mol.